The number of primary sulfonamides is 1. The highest BCUT2D eigenvalue weighted by molar-refractivity contribution is 7.89. The summed E-state index contributed by atoms with van der Waals surface area (Å²) in [5.74, 6) is 0.0625. The molecule has 0 aliphatic carbocycles. The summed E-state index contributed by atoms with van der Waals surface area (Å²) in [6.07, 6.45) is 3.90. The van der Waals surface area contributed by atoms with Crippen molar-refractivity contribution in [3.8, 4) is 0 Å². The quantitative estimate of drug-likeness (QED) is 0.670. The third-order valence-corrected chi connectivity index (χ3v) is 3.71. The van der Waals surface area contributed by atoms with Gasteiger partial charge in [-0.3, -0.25) is 0 Å². The first-order chi connectivity index (χ1) is 5.93. The maximum absolute atomic E-state index is 11.2. The molecule has 0 aliphatic heterocycles. The lowest BCUT2D eigenvalue weighted by atomic mass is 10.0. The zero-order valence-electron chi connectivity index (χ0n) is 8.36. The van der Waals surface area contributed by atoms with E-state index in [9.17, 15) is 8.42 Å². The first-order valence-electron chi connectivity index (χ1n) is 4.56. The number of hydrogen-bond acceptors (Lipinski definition) is 2. The van der Waals surface area contributed by atoms with Gasteiger partial charge in [-0.05, 0) is 18.8 Å². The van der Waals surface area contributed by atoms with Gasteiger partial charge < -0.3 is 0 Å². The fourth-order valence-corrected chi connectivity index (χ4v) is 2.79. The van der Waals surface area contributed by atoms with E-state index >= 15 is 0 Å². The minimum Gasteiger partial charge on any atom is -0.228 e. The van der Waals surface area contributed by atoms with Gasteiger partial charge in [-0.15, -0.1) is 6.58 Å². The van der Waals surface area contributed by atoms with Crippen molar-refractivity contribution in [2.45, 2.75) is 38.4 Å². The largest absolute Gasteiger partial charge is 0.228 e. The Labute approximate surface area is 81.1 Å². The Morgan fingerprint density at radius 3 is 2.38 bits per heavy atom. The molecule has 0 radical (unpaired) electrons. The van der Waals surface area contributed by atoms with Crippen LogP contribution in [0, 0.1) is 5.92 Å². The van der Waals surface area contributed by atoms with Gasteiger partial charge in [0.05, 0.1) is 5.25 Å². The van der Waals surface area contributed by atoms with Crippen molar-refractivity contribution < 1.29 is 8.42 Å². The number of rotatable bonds is 6. The second kappa shape index (κ2) is 5.40. The van der Waals surface area contributed by atoms with Gasteiger partial charge in [0, 0.05) is 0 Å². The fraction of sp³-hybridized carbons (Fsp3) is 0.778. The van der Waals surface area contributed by atoms with E-state index in [1.165, 1.54) is 0 Å². The molecule has 78 valence electrons. The summed E-state index contributed by atoms with van der Waals surface area (Å²) in [6.45, 7) is 7.44. The van der Waals surface area contributed by atoms with E-state index in [0.29, 0.717) is 12.8 Å². The van der Waals surface area contributed by atoms with Crippen molar-refractivity contribution in [1.29, 1.82) is 0 Å². The lowest BCUT2D eigenvalue weighted by Gasteiger charge is -2.19. The molecule has 0 aliphatic rings. The second-order valence-electron chi connectivity index (χ2n) is 3.42. The third kappa shape index (κ3) is 4.43. The predicted molar refractivity (Wildman–Crippen MR) is 55.8 cm³/mol. The minimum absolute atomic E-state index is 0.0625. The Morgan fingerprint density at radius 2 is 2.08 bits per heavy atom. The van der Waals surface area contributed by atoms with Gasteiger partial charge >= 0.3 is 0 Å². The fourth-order valence-electron chi connectivity index (χ4n) is 1.47. The Balaban J connectivity index is 4.50. The van der Waals surface area contributed by atoms with Crippen molar-refractivity contribution in [2.75, 3.05) is 0 Å². The van der Waals surface area contributed by atoms with Crippen LogP contribution in [0.2, 0.25) is 0 Å². The zero-order valence-corrected chi connectivity index (χ0v) is 9.18. The number of allylic oxidation sites excluding steroid dienone is 1. The molecule has 2 atom stereocenters. The third-order valence-electron chi connectivity index (χ3n) is 2.17. The van der Waals surface area contributed by atoms with Crippen LogP contribution >= 0.6 is 0 Å². The molecule has 0 aromatic rings. The molecule has 0 heterocycles. The minimum atomic E-state index is -3.40. The number of sulfonamides is 1. The summed E-state index contributed by atoms with van der Waals surface area (Å²) in [7, 11) is -3.40. The molecule has 2 N–H and O–H groups in total. The predicted octanol–water partition coefficient (Wildman–Crippen LogP) is 1.66. The van der Waals surface area contributed by atoms with E-state index < -0.39 is 15.3 Å². The van der Waals surface area contributed by atoms with Gasteiger partial charge in [0.2, 0.25) is 10.0 Å². The van der Waals surface area contributed by atoms with Crippen LogP contribution in [-0.2, 0) is 10.0 Å². The second-order valence-corrected chi connectivity index (χ2v) is 5.20. The van der Waals surface area contributed by atoms with Crippen LogP contribution in [-0.4, -0.2) is 13.7 Å². The summed E-state index contributed by atoms with van der Waals surface area (Å²) in [5.41, 5.74) is 0. The monoisotopic (exact) mass is 205 g/mol. The summed E-state index contributed by atoms with van der Waals surface area (Å²) in [4.78, 5) is 0. The molecule has 0 spiro atoms. The average Bonchev–Trinajstić information content (AvgIpc) is 1.98. The molecular weight excluding hydrogens is 186 g/mol. The maximum atomic E-state index is 11.2. The van der Waals surface area contributed by atoms with Crippen molar-refractivity contribution in [2.24, 2.45) is 11.1 Å². The van der Waals surface area contributed by atoms with Crippen molar-refractivity contribution in [1.82, 2.24) is 0 Å². The number of nitrogens with two attached hydrogens (primary N) is 1. The number of hydrogen-bond donors (Lipinski definition) is 1. The SMILES string of the molecule is C=CC[C@@H](C)[C@@H](CCC)S(N)(=O)=O. The van der Waals surface area contributed by atoms with Crippen LogP contribution < -0.4 is 5.14 Å². The van der Waals surface area contributed by atoms with Crippen molar-refractivity contribution >= 4 is 10.0 Å². The van der Waals surface area contributed by atoms with Crippen LogP contribution in [0.5, 0.6) is 0 Å². The Hall–Kier alpha value is -0.350. The average molecular weight is 205 g/mol. The van der Waals surface area contributed by atoms with E-state index in [1.54, 1.807) is 6.08 Å². The van der Waals surface area contributed by atoms with Crippen molar-refractivity contribution in [3.05, 3.63) is 12.7 Å². The van der Waals surface area contributed by atoms with Crippen LogP contribution in [0.4, 0.5) is 0 Å². The highest BCUT2D eigenvalue weighted by Crippen LogP contribution is 2.19. The van der Waals surface area contributed by atoms with Crippen LogP contribution in [0.1, 0.15) is 33.1 Å². The molecule has 0 rings (SSSR count). The topological polar surface area (TPSA) is 60.2 Å². The summed E-state index contributed by atoms with van der Waals surface area (Å²) in [5, 5.41) is 4.71. The molecule has 0 saturated heterocycles. The van der Waals surface area contributed by atoms with E-state index in [1.807, 2.05) is 13.8 Å². The Kier molecular flexibility index (Phi) is 5.25. The zero-order chi connectivity index (χ0) is 10.5. The van der Waals surface area contributed by atoms with Gasteiger partial charge in [0.1, 0.15) is 0 Å². The van der Waals surface area contributed by atoms with Gasteiger partial charge in [-0.1, -0.05) is 26.3 Å². The van der Waals surface area contributed by atoms with Gasteiger partial charge in [0.25, 0.3) is 0 Å². The molecule has 0 aromatic carbocycles. The molecule has 4 heteroatoms. The Morgan fingerprint density at radius 1 is 1.54 bits per heavy atom. The summed E-state index contributed by atoms with van der Waals surface area (Å²) >= 11 is 0. The maximum Gasteiger partial charge on any atom is 0.212 e. The molecule has 0 amide bonds. The summed E-state index contributed by atoms with van der Waals surface area (Å²) < 4.78 is 22.4. The first kappa shape index (κ1) is 12.7. The lowest BCUT2D eigenvalue weighted by molar-refractivity contribution is 0.485. The normalized spacial score (nSPS) is 16.5. The highest BCUT2D eigenvalue weighted by Gasteiger charge is 2.25. The molecule has 13 heavy (non-hydrogen) atoms. The smallest absolute Gasteiger partial charge is 0.212 e. The molecule has 0 unspecified atom stereocenters. The molecule has 0 bridgehead atoms. The van der Waals surface area contributed by atoms with Crippen LogP contribution in [0.15, 0.2) is 12.7 Å². The molecule has 3 nitrogen and oxygen atoms in total. The van der Waals surface area contributed by atoms with Crippen LogP contribution in [0.3, 0.4) is 0 Å². The van der Waals surface area contributed by atoms with E-state index in [2.05, 4.69) is 6.58 Å². The standard InChI is InChI=1S/C9H19NO2S/c1-4-6-8(3)9(7-5-2)13(10,11)12/h4,8-9H,1,5-7H2,2-3H3,(H2,10,11,12)/t8-,9-/m1/s1. The van der Waals surface area contributed by atoms with E-state index in [-0.39, 0.29) is 5.92 Å². The van der Waals surface area contributed by atoms with Gasteiger partial charge in [0.15, 0.2) is 0 Å². The Bertz CT molecular complexity index is 246. The van der Waals surface area contributed by atoms with Gasteiger partial charge in [-0.2, -0.15) is 0 Å². The van der Waals surface area contributed by atoms with E-state index in [4.69, 9.17) is 5.14 Å². The molecule has 0 aromatic heterocycles. The molecule has 0 saturated carbocycles. The van der Waals surface area contributed by atoms with Crippen molar-refractivity contribution in [3.63, 3.8) is 0 Å². The molecule has 0 fully saturated rings. The van der Waals surface area contributed by atoms with Crippen LogP contribution in [0.25, 0.3) is 0 Å². The lowest BCUT2D eigenvalue weighted by Crippen LogP contribution is -2.33. The van der Waals surface area contributed by atoms with E-state index in [0.717, 1.165) is 6.42 Å². The first-order valence-corrected chi connectivity index (χ1v) is 6.16. The molecular formula is C9H19NO2S. The summed E-state index contributed by atoms with van der Waals surface area (Å²) in [6, 6.07) is 0. The van der Waals surface area contributed by atoms with Gasteiger partial charge in [-0.25, -0.2) is 13.6 Å². The highest BCUT2D eigenvalue weighted by atomic mass is 32.2.